The highest BCUT2D eigenvalue weighted by atomic mass is 79.9. The monoisotopic (exact) mass is 440 g/mol. The number of rotatable bonds is 4. The fourth-order valence-corrected chi connectivity index (χ4v) is 3.24. The lowest BCUT2D eigenvalue weighted by Gasteiger charge is -2.07. The number of allylic oxidation sites excluding steroid dienone is 1. The van der Waals surface area contributed by atoms with Gasteiger partial charge in [0.1, 0.15) is 18.1 Å². The van der Waals surface area contributed by atoms with Crippen LogP contribution in [0.15, 0.2) is 77.0 Å². The Morgan fingerprint density at radius 2 is 1.85 bits per heavy atom. The predicted octanol–water partition coefficient (Wildman–Crippen LogP) is 6.30. The Labute approximate surface area is 170 Å². The lowest BCUT2D eigenvalue weighted by Crippen LogP contribution is -1.98. The number of carbonyl (C=O) groups excluding carboxylic acids is 1. The van der Waals surface area contributed by atoms with Gasteiger partial charge in [-0.05, 0) is 53.6 Å². The molecule has 1 heterocycles. The van der Waals surface area contributed by atoms with Crippen molar-refractivity contribution in [3.63, 3.8) is 0 Å². The zero-order valence-corrected chi connectivity index (χ0v) is 16.5. The van der Waals surface area contributed by atoms with Gasteiger partial charge in [0, 0.05) is 15.6 Å². The molecule has 0 fully saturated rings. The molecule has 4 rings (SSSR count). The van der Waals surface area contributed by atoms with Crippen LogP contribution < -0.4 is 9.47 Å². The van der Waals surface area contributed by atoms with Crippen LogP contribution in [0, 0.1) is 0 Å². The molecule has 0 saturated heterocycles. The van der Waals surface area contributed by atoms with Crippen LogP contribution in [-0.2, 0) is 6.61 Å². The zero-order valence-electron chi connectivity index (χ0n) is 14.1. The Hall–Kier alpha value is -2.56. The minimum atomic E-state index is -0.130. The Bertz CT molecular complexity index is 1040. The second-order valence-corrected chi connectivity index (χ2v) is 7.42. The molecule has 3 aromatic carbocycles. The molecule has 0 spiro atoms. The molecule has 0 radical (unpaired) electrons. The fourth-order valence-electron chi connectivity index (χ4n) is 2.76. The predicted molar refractivity (Wildman–Crippen MR) is 109 cm³/mol. The average molecular weight is 442 g/mol. The van der Waals surface area contributed by atoms with Crippen LogP contribution >= 0.6 is 27.5 Å². The molecule has 134 valence electrons. The number of ketones is 1. The lowest BCUT2D eigenvalue weighted by atomic mass is 10.1. The molecule has 0 amide bonds. The molecule has 1 aliphatic rings. The van der Waals surface area contributed by atoms with E-state index >= 15 is 0 Å². The van der Waals surface area contributed by atoms with Gasteiger partial charge in [0.2, 0.25) is 5.78 Å². The molecule has 0 saturated carbocycles. The second kappa shape index (κ2) is 7.59. The summed E-state index contributed by atoms with van der Waals surface area (Å²) >= 11 is 9.39. The van der Waals surface area contributed by atoms with Gasteiger partial charge in [-0.25, -0.2) is 0 Å². The molecule has 0 bridgehead atoms. The first-order valence-corrected chi connectivity index (χ1v) is 9.47. The van der Waals surface area contributed by atoms with Crippen LogP contribution in [0.4, 0.5) is 0 Å². The van der Waals surface area contributed by atoms with Crippen molar-refractivity contribution >= 4 is 39.4 Å². The van der Waals surface area contributed by atoms with Crippen LogP contribution in [0.1, 0.15) is 21.5 Å². The molecular weight excluding hydrogens is 428 g/mol. The van der Waals surface area contributed by atoms with E-state index < -0.39 is 0 Å². The first kappa shape index (κ1) is 17.8. The number of Topliss-reactive ketones (excluding diaryl/α,β-unsaturated/α-hetero) is 1. The summed E-state index contributed by atoms with van der Waals surface area (Å²) in [6.45, 7) is 0.384. The maximum Gasteiger partial charge on any atom is 0.231 e. The van der Waals surface area contributed by atoms with Gasteiger partial charge in [0.05, 0.1) is 5.56 Å². The second-order valence-electron chi connectivity index (χ2n) is 6.07. The van der Waals surface area contributed by atoms with E-state index in [2.05, 4.69) is 15.9 Å². The smallest absolute Gasteiger partial charge is 0.231 e. The maximum absolute atomic E-state index is 12.5. The summed E-state index contributed by atoms with van der Waals surface area (Å²) in [6.07, 6.45) is 1.74. The maximum atomic E-state index is 12.5. The van der Waals surface area contributed by atoms with Crippen molar-refractivity contribution in [1.82, 2.24) is 0 Å². The van der Waals surface area contributed by atoms with Gasteiger partial charge in [0.25, 0.3) is 0 Å². The molecule has 3 nitrogen and oxygen atoms in total. The van der Waals surface area contributed by atoms with E-state index in [0.717, 1.165) is 15.6 Å². The first-order chi connectivity index (χ1) is 13.1. The van der Waals surface area contributed by atoms with E-state index in [9.17, 15) is 4.79 Å². The highest BCUT2D eigenvalue weighted by Gasteiger charge is 2.27. The summed E-state index contributed by atoms with van der Waals surface area (Å²) < 4.78 is 12.5. The van der Waals surface area contributed by atoms with Crippen molar-refractivity contribution in [2.75, 3.05) is 0 Å². The zero-order chi connectivity index (χ0) is 18.8. The van der Waals surface area contributed by atoms with Crippen molar-refractivity contribution < 1.29 is 14.3 Å². The minimum Gasteiger partial charge on any atom is -0.489 e. The summed E-state index contributed by atoms with van der Waals surface area (Å²) in [4.78, 5) is 12.5. The topological polar surface area (TPSA) is 35.5 Å². The largest absolute Gasteiger partial charge is 0.489 e. The lowest BCUT2D eigenvalue weighted by molar-refractivity contribution is 0.101. The van der Waals surface area contributed by atoms with E-state index in [4.69, 9.17) is 21.1 Å². The third-order valence-corrected chi connectivity index (χ3v) is 4.87. The van der Waals surface area contributed by atoms with E-state index in [0.29, 0.717) is 34.5 Å². The summed E-state index contributed by atoms with van der Waals surface area (Å²) in [7, 11) is 0. The molecule has 0 aromatic heterocycles. The number of carbonyl (C=O) groups is 1. The number of halogens is 2. The molecule has 0 atom stereocenters. The van der Waals surface area contributed by atoms with Crippen molar-refractivity contribution in [3.8, 4) is 11.5 Å². The van der Waals surface area contributed by atoms with Crippen molar-refractivity contribution in [1.29, 1.82) is 0 Å². The van der Waals surface area contributed by atoms with E-state index in [1.807, 2.05) is 48.5 Å². The van der Waals surface area contributed by atoms with Gasteiger partial charge in [-0.1, -0.05) is 51.8 Å². The van der Waals surface area contributed by atoms with Crippen LogP contribution in [0.2, 0.25) is 5.02 Å². The van der Waals surface area contributed by atoms with Crippen LogP contribution in [0.25, 0.3) is 6.08 Å². The highest BCUT2D eigenvalue weighted by molar-refractivity contribution is 9.10. The quantitative estimate of drug-likeness (QED) is 0.446. The number of hydrogen-bond donors (Lipinski definition) is 0. The summed E-state index contributed by atoms with van der Waals surface area (Å²) in [5, 5.41) is 0.668. The molecule has 0 unspecified atom stereocenters. The molecule has 1 aliphatic heterocycles. The van der Waals surface area contributed by atoms with Crippen molar-refractivity contribution in [2.45, 2.75) is 6.61 Å². The number of benzene rings is 3. The van der Waals surface area contributed by atoms with Gasteiger partial charge >= 0.3 is 0 Å². The van der Waals surface area contributed by atoms with Gasteiger partial charge in [-0.3, -0.25) is 4.79 Å². The standard InChI is InChI=1S/C22H14BrClO3/c23-16-6-4-14(5-7-16)11-21-22(25)19-9-8-18(12-20(19)27-21)26-13-15-2-1-3-17(24)10-15/h1-12H,13H2. The van der Waals surface area contributed by atoms with Gasteiger partial charge in [-0.2, -0.15) is 0 Å². The molecular formula is C22H14BrClO3. The van der Waals surface area contributed by atoms with Crippen molar-refractivity contribution in [2.24, 2.45) is 0 Å². The van der Waals surface area contributed by atoms with Crippen LogP contribution in [-0.4, -0.2) is 5.78 Å². The molecule has 27 heavy (non-hydrogen) atoms. The van der Waals surface area contributed by atoms with Gasteiger partial charge in [-0.15, -0.1) is 0 Å². The third kappa shape index (κ3) is 4.07. The molecule has 0 N–H and O–H groups in total. The fraction of sp³-hybridized carbons (Fsp3) is 0.0455. The molecule has 3 aromatic rings. The Balaban J connectivity index is 1.51. The van der Waals surface area contributed by atoms with Crippen LogP contribution in [0.5, 0.6) is 11.5 Å². The average Bonchev–Trinajstić information content (AvgIpc) is 2.97. The highest BCUT2D eigenvalue weighted by Crippen LogP contribution is 2.35. The van der Waals surface area contributed by atoms with Gasteiger partial charge in [0.15, 0.2) is 5.76 Å². The van der Waals surface area contributed by atoms with Crippen molar-refractivity contribution in [3.05, 3.63) is 98.7 Å². The Kier molecular flexibility index (Phi) is 5.01. The van der Waals surface area contributed by atoms with E-state index in [-0.39, 0.29) is 5.78 Å². The minimum absolute atomic E-state index is 0.130. The van der Waals surface area contributed by atoms with Crippen LogP contribution in [0.3, 0.4) is 0 Å². The SMILES string of the molecule is O=C1C(=Cc2ccc(Br)cc2)Oc2cc(OCc3cccc(Cl)c3)ccc21. The third-order valence-electron chi connectivity index (χ3n) is 4.10. The molecule has 5 heteroatoms. The van der Waals surface area contributed by atoms with E-state index in [1.54, 1.807) is 24.3 Å². The molecule has 0 aliphatic carbocycles. The normalized spacial score (nSPS) is 14.1. The Morgan fingerprint density at radius 1 is 1.04 bits per heavy atom. The summed E-state index contributed by atoms with van der Waals surface area (Å²) in [5.74, 6) is 1.31. The number of fused-ring (bicyclic) bond motifs is 1. The Morgan fingerprint density at radius 3 is 2.63 bits per heavy atom. The summed E-state index contributed by atoms with van der Waals surface area (Å²) in [5.41, 5.74) is 2.40. The number of hydrogen-bond acceptors (Lipinski definition) is 3. The summed E-state index contributed by atoms with van der Waals surface area (Å²) in [6, 6.07) is 20.4. The first-order valence-electron chi connectivity index (χ1n) is 8.29. The van der Waals surface area contributed by atoms with Gasteiger partial charge < -0.3 is 9.47 Å². The number of ether oxygens (including phenoxy) is 2. The van der Waals surface area contributed by atoms with E-state index in [1.165, 1.54) is 0 Å².